The monoisotopic (exact) mass is 502 g/mol. The van der Waals surface area contributed by atoms with Gasteiger partial charge in [-0.25, -0.2) is 14.4 Å². The number of carbonyl (C=O) groups excluding carboxylic acids is 4. The SMILES string of the molecule is CC1(C)OC(=O)C=C[C@]2(C)[C@H]3[C@@H](O)C[C@@]4(C)[C@H](C5=CC(=O)OC5O)OC(=O)[C@H]5O[C@]54[C@]3(C)C(=O)C[C@@H]12. The van der Waals surface area contributed by atoms with Crippen LogP contribution < -0.4 is 0 Å². The molecule has 1 spiro atoms. The van der Waals surface area contributed by atoms with Gasteiger partial charge in [0.25, 0.3) is 0 Å². The molecular weight excluding hydrogens is 472 g/mol. The molecule has 4 heterocycles. The Morgan fingerprint density at radius 2 is 1.64 bits per heavy atom. The lowest BCUT2D eigenvalue weighted by molar-refractivity contribution is -0.236. The molecule has 2 saturated heterocycles. The van der Waals surface area contributed by atoms with Gasteiger partial charge in [-0.15, -0.1) is 0 Å². The van der Waals surface area contributed by atoms with Crippen molar-refractivity contribution in [2.75, 3.05) is 0 Å². The van der Waals surface area contributed by atoms with Crippen LogP contribution in [0.4, 0.5) is 0 Å². The molecule has 0 aromatic rings. The van der Waals surface area contributed by atoms with Gasteiger partial charge in [-0.3, -0.25) is 4.79 Å². The first-order valence-electron chi connectivity index (χ1n) is 12.3. The number of carbonyl (C=O) groups is 4. The Labute approximate surface area is 207 Å². The van der Waals surface area contributed by atoms with E-state index >= 15 is 0 Å². The second-order valence-electron chi connectivity index (χ2n) is 12.3. The summed E-state index contributed by atoms with van der Waals surface area (Å²) in [5, 5.41) is 22.2. The first kappa shape index (κ1) is 23.8. The number of Topliss-reactive ketones (excluding diaryl/α,β-unsaturated/α-hetero) is 1. The standard InChI is InChI=1S/C26H30O10/c1-22(2)13-9-14(28)25(5)17(23(13,3)7-6-15(29)35-22)12(27)10-24(4)18(11-8-16(30)33-20(11)31)34-21(32)19-26(24,25)36-19/h6-8,12-13,17-20,27,31H,9-10H2,1-5H3/t12-,13-,17+,18-,19+,20?,23-,24-,25+,26+/m0/s1. The number of ketones is 1. The quantitative estimate of drug-likeness (QED) is 0.299. The normalized spacial score (nSPS) is 52.5. The van der Waals surface area contributed by atoms with Crippen molar-refractivity contribution >= 4 is 23.7 Å². The fraction of sp³-hybridized carbons (Fsp3) is 0.692. The van der Waals surface area contributed by atoms with Gasteiger partial charge in [-0.2, -0.15) is 0 Å². The summed E-state index contributed by atoms with van der Waals surface area (Å²) < 4.78 is 22.4. The van der Waals surface area contributed by atoms with Crippen LogP contribution in [0.25, 0.3) is 0 Å². The third kappa shape index (κ3) is 2.48. The van der Waals surface area contributed by atoms with E-state index in [2.05, 4.69) is 0 Å². The van der Waals surface area contributed by atoms with Gasteiger partial charge < -0.3 is 29.2 Å². The number of rotatable bonds is 1. The third-order valence-corrected chi connectivity index (χ3v) is 10.2. The molecule has 1 unspecified atom stereocenters. The molecule has 0 radical (unpaired) electrons. The van der Waals surface area contributed by atoms with E-state index in [0.29, 0.717) is 0 Å². The Bertz CT molecular complexity index is 1190. The van der Waals surface area contributed by atoms with Crippen molar-refractivity contribution in [3.05, 3.63) is 23.8 Å². The lowest BCUT2D eigenvalue weighted by Crippen LogP contribution is -2.75. The molecule has 194 valence electrons. The minimum absolute atomic E-state index is 0.0430. The molecule has 0 bridgehead atoms. The van der Waals surface area contributed by atoms with Crippen molar-refractivity contribution < 1.29 is 48.3 Å². The molecule has 2 aliphatic carbocycles. The van der Waals surface area contributed by atoms with E-state index in [-0.39, 0.29) is 24.2 Å². The minimum atomic E-state index is -1.61. The Morgan fingerprint density at radius 3 is 2.28 bits per heavy atom. The maximum absolute atomic E-state index is 14.2. The fourth-order valence-corrected chi connectivity index (χ4v) is 8.86. The van der Waals surface area contributed by atoms with Crippen LogP contribution in [0.3, 0.4) is 0 Å². The summed E-state index contributed by atoms with van der Waals surface area (Å²) in [6.45, 7) is 8.94. The molecule has 6 aliphatic rings. The van der Waals surface area contributed by atoms with Crippen molar-refractivity contribution in [2.24, 2.45) is 28.1 Å². The number of esters is 3. The smallest absolute Gasteiger partial charge is 0.339 e. The lowest BCUT2D eigenvalue weighted by Gasteiger charge is -2.66. The molecule has 10 heteroatoms. The van der Waals surface area contributed by atoms with Crippen LogP contribution in [0.15, 0.2) is 23.8 Å². The van der Waals surface area contributed by atoms with E-state index in [1.54, 1.807) is 33.8 Å². The van der Waals surface area contributed by atoms with Crippen LogP contribution in [0, 0.1) is 28.1 Å². The lowest BCUT2D eigenvalue weighted by atomic mass is 9.37. The van der Waals surface area contributed by atoms with Gasteiger partial charge in [0.2, 0.25) is 6.29 Å². The number of epoxide rings is 1. The van der Waals surface area contributed by atoms with Gasteiger partial charge in [0.05, 0.1) is 11.5 Å². The second-order valence-corrected chi connectivity index (χ2v) is 12.3. The number of hydrogen-bond donors (Lipinski definition) is 2. The molecule has 10 atom stereocenters. The van der Waals surface area contributed by atoms with Gasteiger partial charge >= 0.3 is 17.9 Å². The van der Waals surface area contributed by atoms with E-state index in [1.165, 1.54) is 6.08 Å². The summed E-state index contributed by atoms with van der Waals surface area (Å²) in [5.74, 6) is -3.34. The molecule has 0 aromatic heterocycles. The highest BCUT2D eigenvalue weighted by atomic mass is 16.7. The highest BCUT2D eigenvalue weighted by molar-refractivity contribution is 5.94. The van der Waals surface area contributed by atoms with Gasteiger partial charge in [-0.1, -0.05) is 19.9 Å². The van der Waals surface area contributed by atoms with Crippen molar-refractivity contribution in [1.29, 1.82) is 0 Å². The highest BCUT2D eigenvalue weighted by Crippen LogP contribution is 2.77. The van der Waals surface area contributed by atoms with Gasteiger partial charge in [-0.05, 0) is 32.6 Å². The fourth-order valence-electron chi connectivity index (χ4n) is 8.86. The maximum Gasteiger partial charge on any atom is 0.339 e. The van der Waals surface area contributed by atoms with Crippen LogP contribution >= 0.6 is 0 Å². The zero-order chi connectivity index (χ0) is 26.2. The van der Waals surface area contributed by atoms with Gasteiger partial charge in [0, 0.05) is 41.4 Å². The Balaban J connectivity index is 1.55. The third-order valence-electron chi connectivity index (χ3n) is 10.2. The molecule has 0 amide bonds. The van der Waals surface area contributed by atoms with Crippen LogP contribution in [-0.4, -0.2) is 69.7 Å². The zero-order valence-electron chi connectivity index (χ0n) is 20.8. The van der Waals surface area contributed by atoms with E-state index < -0.39 is 81.8 Å². The zero-order valence-corrected chi connectivity index (χ0v) is 20.8. The number of ether oxygens (including phenoxy) is 4. The van der Waals surface area contributed by atoms with Crippen molar-refractivity contribution in [1.82, 2.24) is 0 Å². The van der Waals surface area contributed by atoms with Crippen molar-refractivity contribution in [3.8, 4) is 0 Å². The van der Waals surface area contributed by atoms with Crippen LogP contribution in [0.5, 0.6) is 0 Å². The summed E-state index contributed by atoms with van der Waals surface area (Å²) >= 11 is 0. The summed E-state index contributed by atoms with van der Waals surface area (Å²) in [7, 11) is 0. The number of hydrogen-bond acceptors (Lipinski definition) is 10. The molecule has 2 N–H and O–H groups in total. The first-order valence-corrected chi connectivity index (χ1v) is 12.3. The molecule has 36 heavy (non-hydrogen) atoms. The Hall–Kier alpha value is -2.56. The van der Waals surface area contributed by atoms with Gasteiger partial charge in [0.1, 0.15) is 23.1 Å². The predicted octanol–water partition coefficient (Wildman–Crippen LogP) is 0.731. The van der Waals surface area contributed by atoms with Crippen molar-refractivity contribution in [2.45, 2.75) is 83.3 Å². The largest absolute Gasteiger partial charge is 0.456 e. The van der Waals surface area contributed by atoms with E-state index in [1.807, 2.05) is 6.92 Å². The predicted molar refractivity (Wildman–Crippen MR) is 119 cm³/mol. The molecule has 4 fully saturated rings. The summed E-state index contributed by atoms with van der Waals surface area (Å²) in [4.78, 5) is 51.6. The maximum atomic E-state index is 14.2. The molecule has 10 nitrogen and oxygen atoms in total. The summed E-state index contributed by atoms with van der Waals surface area (Å²) in [6, 6.07) is 0. The van der Waals surface area contributed by atoms with Gasteiger partial charge in [0.15, 0.2) is 6.10 Å². The van der Waals surface area contributed by atoms with Crippen molar-refractivity contribution in [3.63, 3.8) is 0 Å². The number of allylic oxidation sites excluding steroid dienone is 1. The summed E-state index contributed by atoms with van der Waals surface area (Å²) in [5.41, 5.74) is -5.65. The van der Waals surface area contributed by atoms with Crippen LogP contribution in [0.1, 0.15) is 47.5 Å². The number of fused-ring (bicyclic) bond motifs is 3. The van der Waals surface area contributed by atoms with Crippen LogP contribution in [0.2, 0.25) is 0 Å². The van der Waals surface area contributed by atoms with E-state index in [4.69, 9.17) is 18.9 Å². The number of cyclic esters (lactones) is 3. The topological polar surface area (TPSA) is 149 Å². The summed E-state index contributed by atoms with van der Waals surface area (Å²) in [6.07, 6.45) is -0.609. The molecule has 6 rings (SSSR count). The second kappa shape index (κ2) is 6.65. The molecule has 0 aromatic carbocycles. The Morgan fingerprint density at radius 1 is 0.944 bits per heavy atom. The average molecular weight is 503 g/mol. The molecule has 2 saturated carbocycles. The number of aliphatic hydroxyl groups excluding tert-OH is 2. The highest BCUT2D eigenvalue weighted by Gasteiger charge is 2.89. The Kier molecular flexibility index (Phi) is 4.40. The van der Waals surface area contributed by atoms with E-state index in [9.17, 15) is 29.4 Å². The number of aliphatic hydroxyl groups is 2. The van der Waals surface area contributed by atoms with Crippen LogP contribution in [-0.2, 0) is 38.1 Å². The molecule has 4 aliphatic heterocycles. The average Bonchev–Trinajstić information content (AvgIpc) is 3.47. The molecular formula is C26H30O10. The minimum Gasteiger partial charge on any atom is -0.456 e. The first-order chi connectivity index (χ1) is 16.6. The van der Waals surface area contributed by atoms with E-state index in [0.717, 1.165) is 6.08 Å².